The van der Waals surface area contributed by atoms with Gasteiger partial charge in [-0.15, -0.1) is 0 Å². The first-order valence-electron chi connectivity index (χ1n) is 7.23. The fourth-order valence-electron chi connectivity index (χ4n) is 2.94. The number of nitrogens with zero attached hydrogens (tertiary/aromatic N) is 2. The lowest BCUT2D eigenvalue weighted by Gasteiger charge is -2.40. The molecule has 102 valence electrons. The minimum atomic E-state index is 0.358. The maximum atomic E-state index is 4.67. The molecule has 3 heteroatoms. The highest BCUT2D eigenvalue weighted by molar-refractivity contribution is 5.78. The van der Waals surface area contributed by atoms with Crippen LogP contribution >= 0.6 is 0 Å². The number of hydrogen-bond donors (Lipinski definition) is 1. The minimum Gasteiger partial charge on any atom is -0.355 e. The summed E-state index contributed by atoms with van der Waals surface area (Å²) >= 11 is 0. The molecule has 1 aromatic carbocycles. The highest BCUT2D eigenvalue weighted by Crippen LogP contribution is 2.41. The van der Waals surface area contributed by atoms with Gasteiger partial charge in [-0.3, -0.25) is 0 Å². The molecule has 0 radical (unpaired) electrons. The molecule has 0 amide bonds. The number of para-hydroxylation sites is 2. The molecule has 1 N–H and O–H groups in total. The van der Waals surface area contributed by atoms with Gasteiger partial charge in [-0.05, 0) is 36.3 Å². The molecule has 0 spiro atoms. The van der Waals surface area contributed by atoms with Crippen molar-refractivity contribution in [2.45, 2.75) is 33.1 Å². The van der Waals surface area contributed by atoms with Crippen molar-refractivity contribution >= 4 is 17.0 Å². The smallest absolute Gasteiger partial charge is 0.203 e. The van der Waals surface area contributed by atoms with E-state index < -0.39 is 0 Å². The van der Waals surface area contributed by atoms with Crippen LogP contribution in [-0.4, -0.2) is 16.1 Å². The normalized spacial score (nSPS) is 16.6. The van der Waals surface area contributed by atoms with Gasteiger partial charge in [-0.25, -0.2) is 4.98 Å². The monoisotopic (exact) mass is 257 g/mol. The number of fused-ring (bicyclic) bond motifs is 1. The standard InChI is InChI=1S/C16H23N3/c1-16(2,12-7-6-8-12)11-17-15-18-13-9-4-5-10-14(13)19(15)3/h4-5,9-10,12H,6-8,11H2,1-3H3,(H,17,18). The summed E-state index contributed by atoms with van der Waals surface area (Å²) in [6.07, 6.45) is 4.18. The highest BCUT2D eigenvalue weighted by Gasteiger charge is 2.33. The van der Waals surface area contributed by atoms with Gasteiger partial charge in [0, 0.05) is 13.6 Å². The van der Waals surface area contributed by atoms with E-state index >= 15 is 0 Å². The molecule has 0 bridgehead atoms. The Morgan fingerprint density at radius 3 is 2.68 bits per heavy atom. The predicted octanol–water partition coefficient (Wildman–Crippen LogP) is 3.81. The number of anilines is 1. The Labute approximate surface area is 115 Å². The van der Waals surface area contributed by atoms with E-state index in [9.17, 15) is 0 Å². The third-order valence-corrected chi connectivity index (χ3v) is 4.70. The molecule has 0 atom stereocenters. The largest absolute Gasteiger partial charge is 0.355 e. The number of benzene rings is 1. The summed E-state index contributed by atoms with van der Waals surface area (Å²) in [5, 5.41) is 3.54. The molecule has 0 saturated heterocycles. The van der Waals surface area contributed by atoms with Crippen LogP contribution in [0.4, 0.5) is 5.95 Å². The van der Waals surface area contributed by atoms with E-state index in [0.29, 0.717) is 5.41 Å². The quantitative estimate of drug-likeness (QED) is 0.902. The molecule has 1 heterocycles. The molecule has 1 aliphatic rings. The summed E-state index contributed by atoms with van der Waals surface area (Å²) in [6, 6.07) is 8.28. The van der Waals surface area contributed by atoms with Gasteiger partial charge in [0.15, 0.2) is 0 Å². The summed E-state index contributed by atoms with van der Waals surface area (Å²) < 4.78 is 2.15. The molecular weight excluding hydrogens is 234 g/mol. The van der Waals surface area contributed by atoms with E-state index in [1.807, 2.05) is 6.07 Å². The van der Waals surface area contributed by atoms with Crippen LogP contribution in [0.1, 0.15) is 33.1 Å². The maximum absolute atomic E-state index is 4.67. The van der Waals surface area contributed by atoms with Gasteiger partial charge in [-0.2, -0.15) is 0 Å². The van der Waals surface area contributed by atoms with Crippen LogP contribution in [0, 0.1) is 11.3 Å². The van der Waals surface area contributed by atoms with Crippen LogP contribution in [0.5, 0.6) is 0 Å². The Bertz CT molecular complexity index is 579. The number of nitrogens with one attached hydrogen (secondary N) is 1. The average molecular weight is 257 g/mol. The van der Waals surface area contributed by atoms with Crippen molar-refractivity contribution < 1.29 is 0 Å². The number of hydrogen-bond acceptors (Lipinski definition) is 2. The second-order valence-electron chi connectivity index (χ2n) is 6.45. The van der Waals surface area contributed by atoms with E-state index in [4.69, 9.17) is 0 Å². The topological polar surface area (TPSA) is 29.9 Å². The molecule has 19 heavy (non-hydrogen) atoms. The van der Waals surface area contributed by atoms with Crippen molar-refractivity contribution in [2.75, 3.05) is 11.9 Å². The van der Waals surface area contributed by atoms with Crippen LogP contribution in [0.15, 0.2) is 24.3 Å². The van der Waals surface area contributed by atoms with Gasteiger partial charge in [0.2, 0.25) is 5.95 Å². The SMILES string of the molecule is Cn1c(NCC(C)(C)C2CCC2)nc2ccccc21. The van der Waals surface area contributed by atoms with Gasteiger partial charge < -0.3 is 9.88 Å². The van der Waals surface area contributed by atoms with Crippen LogP contribution < -0.4 is 5.32 Å². The summed E-state index contributed by atoms with van der Waals surface area (Å²) in [5.74, 6) is 1.85. The van der Waals surface area contributed by atoms with Crippen molar-refractivity contribution in [3.05, 3.63) is 24.3 Å². The van der Waals surface area contributed by atoms with Gasteiger partial charge in [0.1, 0.15) is 0 Å². The zero-order valence-electron chi connectivity index (χ0n) is 12.1. The number of rotatable bonds is 4. The second-order valence-corrected chi connectivity index (χ2v) is 6.45. The van der Waals surface area contributed by atoms with E-state index in [1.165, 1.54) is 24.8 Å². The molecular formula is C16H23N3. The zero-order valence-corrected chi connectivity index (χ0v) is 12.1. The molecule has 1 aromatic heterocycles. The first kappa shape index (κ1) is 12.5. The van der Waals surface area contributed by atoms with Crippen LogP contribution in [-0.2, 0) is 7.05 Å². The van der Waals surface area contributed by atoms with Gasteiger partial charge in [-0.1, -0.05) is 32.4 Å². The van der Waals surface area contributed by atoms with Crippen molar-refractivity contribution in [3.8, 4) is 0 Å². The molecule has 1 saturated carbocycles. The fourth-order valence-corrected chi connectivity index (χ4v) is 2.94. The van der Waals surface area contributed by atoms with E-state index in [1.54, 1.807) is 0 Å². The minimum absolute atomic E-state index is 0.358. The second kappa shape index (κ2) is 4.55. The number of aryl methyl sites for hydroxylation is 1. The Hall–Kier alpha value is -1.51. The zero-order chi connectivity index (χ0) is 13.5. The van der Waals surface area contributed by atoms with E-state index in [2.05, 4.69) is 54.0 Å². The highest BCUT2D eigenvalue weighted by atomic mass is 15.2. The Morgan fingerprint density at radius 2 is 2.05 bits per heavy atom. The predicted molar refractivity (Wildman–Crippen MR) is 80.3 cm³/mol. The molecule has 0 unspecified atom stereocenters. The third-order valence-electron chi connectivity index (χ3n) is 4.70. The van der Waals surface area contributed by atoms with Gasteiger partial charge in [0.25, 0.3) is 0 Å². The molecule has 3 rings (SSSR count). The van der Waals surface area contributed by atoms with Crippen molar-refractivity contribution in [3.63, 3.8) is 0 Å². The van der Waals surface area contributed by atoms with Gasteiger partial charge in [0.05, 0.1) is 11.0 Å². The third kappa shape index (κ3) is 2.22. The maximum Gasteiger partial charge on any atom is 0.203 e. The first-order valence-corrected chi connectivity index (χ1v) is 7.23. The first-order chi connectivity index (χ1) is 9.08. The summed E-state index contributed by atoms with van der Waals surface area (Å²) in [6.45, 7) is 5.73. The average Bonchev–Trinajstić information content (AvgIpc) is 2.62. The van der Waals surface area contributed by atoms with E-state index in [-0.39, 0.29) is 0 Å². The van der Waals surface area contributed by atoms with Crippen molar-refractivity contribution in [1.82, 2.24) is 9.55 Å². The lowest BCUT2D eigenvalue weighted by atomic mass is 9.67. The molecule has 0 aliphatic heterocycles. The molecule has 3 nitrogen and oxygen atoms in total. The van der Waals surface area contributed by atoms with Crippen LogP contribution in [0.2, 0.25) is 0 Å². The number of imidazole rings is 1. The molecule has 1 aliphatic carbocycles. The van der Waals surface area contributed by atoms with Gasteiger partial charge >= 0.3 is 0 Å². The lowest BCUT2D eigenvalue weighted by Crippen LogP contribution is -2.36. The van der Waals surface area contributed by atoms with Crippen molar-refractivity contribution in [2.24, 2.45) is 18.4 Å². The van der Waals surface area contributed by atoms with E-state index in [0.717, 1.165) is 23.9 Å². The van der Waals surface area contributed by atoms with Crippen LogP contribution in [0.3, 0.4) is 0 Å². The van der Waals surface area contributed by atoms with Crippen molar-refractivity contribution in [1.29, 1.82) is 0 Å². The molecule has 1 fully saturated rings. The Balaban J connectivity index is 1.76. The summed E-state index contributed by atoms with van der Waals surface area (Å²) in [7, 11) is 2.08. The Morgan fingerprint density at radius 1 is 1.32 bits per heavy atom. The fraction of sp³-hybridized carbons (Fsp3) is 0.562. The Kier molecular flexibility index (Phi) is 3.00. The summed E-state index contributed by atoms with van der Waals surface area (Å²) in [4.78, 5) is 4.67. The van der Waals surface area contributed by atoms with Crippen LogP contribution in [0.25, 0.3) is 11.0 Å². The lowest BCUT2D eigenvalue weighted by molar-refractivity contribution is 0.133. The summed E-state index contributed by atoms with van der Waals surface area (Å²) in [5.41, 5.74) is 2.61. The number of aromatic nitrogens is 2. The molecule has 2 aromatic rings.